The smallest absolute Gasteiger partial charge is 0.329 e. The number of aryl methyl sites for hydroxylation is 5. The molecule has 36 heavy (non-hydrogen) atoms. The minimum atomic E-state index is -2.57. The largest absolute Gasteiger partial charge is 0.480 e. The molecule has 2 aliphatic heterocycles. The second-order valence-electron chi connectivity index (χ2n) is 9.83. The summed E-state index contributed by atoms with van der Waals surface area (Å²) in [5.41, 5.74) is 5.05. The lowest BCUT2D eigenvalue weighted by atomic mass is 9.91. The van der Waals surface area contributed by atoms with E-state index >= 15 is 0 Å². The van der Waals surface area contributed by atoms with E-state index in [-0.39, 0.29) is 18.4 Å². The van der Waals surface area contributed by atoms with Gasteiger partial charge in [-0.1, -0.05) is 23.8 Å². The van der Waals surface area contributed by atoms with Gasteiger partial charge in [0, 0.05) is 18.8 Å². The summed E-state index contributed by atoms with van der Waals surface area (Å²) in [6.45, 7) is 6.72. The summed E-state index contributed by atoms with van der Waals surface area (Å²) in [5, 5.41) is 13.3. The number of carboxylic acid groups (broad SMARTS) is 1. The highest BCUT2D eigenvalue weighted by atomic mass is 32.2. The van der Waals surface area contributed by atoms with Gasteiger partial charge in [0.1, 0.15) is 5.82 Å². The second kappa shape index (κ2) is 11.0. The molecule has 3 heterocycles. The monoisotopic (exact) mass is 514 g/mol. The van der Waals surface area contributed by atoms with E-state index in [9.17, 15) is 23.5 Å². The van der Waals surface area contributed by atoms with Crippen LogP contribution in [0.25, 0.3) is 0 Å². The number of hydrogen-bond donors (Lipinski definition) is 3. The van der Waals surface area contributed by atoms with E-state index in [4.69, 9.17) is 4.98 Å². The lowest BCUT2D eigenvalue weighted by Gasteiger charge is -2.41. The van der Waals surface area contributed by atoms with E-state index in [1.54, 1.807) is 13.8 Å². The van der Waals surface area contributed by atoms with Crippen LogP contribution in [0.3, 0.4) is 0 Å². The van der Waals surface area contributed by atoms with Gasteiger partial charge >= 0.3 is 5.97 Å². The Labute approximate surface area is 214 Å². The summed E-state index contributed by atoms with van der Waals surface area (Å²) in [6, 6.07) is 6.53. The molecule has 0 aliphatic carbocycles. The number of nitrogens with zero attached hydrogens (tertiary/aromatic N) is 3. The van der Waals surface area contributed by atoms with Crippen LogP contribution in [0.5, 0.6) is 0 Å². The highest BCUT2D eigenvalue weighted by Gasteiger charge is 2.41. The first-order valence-electron chi connectivity index (χ1n) is 12.4. The van der Waals surface area contributed by atoms with Crippen molar-refractivity contribution in [3.63, 3.8) is 0 Å². The Bertz CT molecular complexity index is 1160. The van der Waals surface area contributed by atoms with Crippen molar-refractivity contribution in [2.24, 2.45) is 5.92 Å². The van der Waals surface area contributed by atoms with Gasteiger partial charge in [0.25, 0.3) is 11.3 Å². The van der Waals surface area contributed by atoms with E-state index in [0.29, 0.717) is 29.8 Å². The van der Waals surface area contributed by atoms with E-state index in [1.165, 1.54) is 10.5 Å². The third-order valence-electron chi connectivity index (χ3n) is 7.02. The number of carbonyl (C=O) groups is 2. The van der Waals surface area contributed by atoms with Gasteiger partial charge in [0.2, 0.25) is 5.91 Å². The van der Waals surface area contributed by atoms with Crippen LogP contribution >= 0.6 is 0 Å². The molecule has 0 spiro atoms. The number of likely N-dealkylation sites (tertiary alicyclic amines) is 1. The number of carboxylic acids is 1. The van der Waals surface area contributed by atoms with Gasteiger partial charge in [-0.15, -0.1) is 0 Å². The number of anilines is 2. The normalized spacial score (nSPS) is 18.6. The zero-order chi connectivity index (χ0) is 26.0. The molecule has 3 atom stereocenters. The molecule has 0 saturated carbocycles. The Morgan fingerprint density at radius 2 is 2.00 bits per heavy atom. The Hall–Kier alpha value is -2.98. The van der Waals surface area contributed by atoms with Crippen molar-refractivity contribution in [1.82, 2.24) is 9.88 Å². The van der Waals surface area contributed by atoms with E-state index in [1.807, 2.05) is 19.1 Å². The molecule has 2 aromatic rings. The number of aliphatic carboxylic acids is 1. The maximum Gasteiger partial charge on any atom is 0.329 e. The van der Waals surface area contributed by atoms with E-state index in [0.717, 1.165) is 53.6 Å². The van der Waals surface area contributed by atoms with Gasteiger partial charge in [-0.05, 0) is 75.6 Å². The van der Waals surface area contributed by atoms with Crippen molar-refractivity contribution in [2.45, 2.75) is 58.9 Å². The van der Waals surface area contributed by atoms with Crippen LogP contribution < -0.4 is 9.62 Å². The lowest BCUT2D eigenvalue weighted by molar-refractivity contribution is -0.150. The van der Waals surface area contributed by atoms with Crippen LogP contribution in [0.15, 0.2) is 24.3 Å². The van der Waals surface area contributed by atoms with Gasteiger partial charge in [0.15, 0.2) is 6.04 Å². The first-order chi connectivity index (χ1) is 17.2. The van der Waals surface area contributed by atoms with Crippen molar-refractivity contribution < 1.29 is 23.5 Å². The van der Waals surface area contributed by atoms with Crippen LogP contribution in [0, 0.1) is 26.7 Å². The summed E-state index contributed by atoms with van der Waals surface area (Å²) >= 11 is -2.57. The number of aromatic nitrogens is 1. The Morgan fingerprint density at radius 3 is 2.64 bits per heavy atom. The average molecular weight is 515 g/mol. The number of β-lactam (4-membered cyclic amide) rings is 1. The molecule has 3 unspecified atom stereocenters. The van der Waals surface area contributed by atoms with E-state index in [2.05, 4.69) is 17.4 Å². The number of nitrogens with one attached hydrogen (secondary N) is 1. The molecule has 1 saturated heterocycles. The van der Waals surface area contributed by atoms with Gasteiger partial charge in [-0.3, -0.25) is 13.7 Å². The molecule has 0 bridgehead atoms. The summed E-state index contributed by atoms with van der Waals surface area (Å²) in [4.78, 5) is 31.2. The van der Waals surface area contributed by atoms with Crippen LogP contribution in [0.2, 0.25) is 0 Å². The number of pyridine rings is 1. The number of fused-ring (bicyclic) bond motifs is 1. The van der Waals surface area contributed by atoms with Crippen molar-refractivity contribution in [3.05, 3.63) is 52.2 Å². The number of rotatable bonds is 10. The Morgan fingerprint density at radius 1 is 1.28 bits per heavy atom. The number of amides is 1. The fourth-order valence-corrected chi connectivity index (χ4v) is 6.14. The highest BCUT2D eigenvalue weighted by Crippen LogP contribution is 2.31. The van der Waals surface area contributed by atoms with Crippen molar-refractivity contribution in [2.75, 3.05) is 29.3 Å². The first kappa shape index (κ1) is 26.1. The van der Waals surface area contributed by atoms with Gasteiger partial charge in [-0.25, -0.2) is 14.0 Å². The average Bonchev–Trinajstić information content (AvgIpc) is 2.82. The molecule has 10 heteroatoms. The minimum Gasteiger partial charge on any atom is -0.480 e. The topological polar surface area (TPSA) is 123 Å². The molecule has 1 aromatic heterocycles. The number of hydrogen-bond acceptors (Lipinski definition) is 5. The van der Waals surface area contributed by atoms with Crippen LogP contribution in [0.4, 0.5) is 11.5 Å². The quantitative estimate of drug-likeness (QED) is 0.329. The molecular formula is C26H34N4O5S. The highest BCUT2D eigenvalue weighted by molar-refractivity contribution is 7.80. The van der Waals surface area contributed by atoms with Crippen molar-refractivity contribution in [1.29, 1.82) is 0 Å². The predicted octanol–water partition coefficient (Wildman–Crippen LogP) is 3.24. The maximum absolute atomic E-state index is 12.8. The van der Waals surface area contributed by atoms with Gasteiger partial charge in [0.05, 0.1) is 18.2 Å². The number of benzene rings is 1. The molecule has 9 nitrogen and oxygen atoms in total. The molecule has 1 amide bonds. The minimum absolute atomic E-state index is 0.109. The SMILES string of the molecule is Cc1cc(C)c(N(C(CN2CC(CCCc3ccc4c(n3)NCCC4)C2=O)C(=O)O)S(=O)O)c(C)c1. The second-order valence-corrected chi connectivity index (χ2v) is 10.7. The molecule has 1 aromatic carbocycles. The molecule has 3 N–H and O–H groups in total. The van der Waals surface area contributed by atoms with Gasteiger partial charge in [-0.2, -0.15) is 0 Å². The maximum atomic E-state index is 12.8. The predicted molar refractivity (Wildman–Crippen MR) is 139 cm³/mol. The van der Waals surface area contributed by atoms with Crippen LogP contribution in [-0.2, 0) is 33.7 Å². The lowest BCUT2D eigenvalue weighted by Crippen LogP contribution is -2.59. The summed E-state index contributed by atoms with van der Waals surface area (Å²) in [7, 11) is 0. The number of carbonyl (C=O) groups excluding carboxylic acids is 1. The third-order valence-corrected chi connectivity index (χ3v) is 7.80. The summed E-state index contributed by atoms with van der Waals surface area (Å²) in [6.07, 6.45) is 4.45. The molecule has 4 rings (SSSR count). The summed E-state index contributed by atoms with van der Waals surface area (Å²) in [5.74, 6) is -0.553. The van der Waals surface area contributed by atoms with Crippen LogP contribution in [-0.4, -0.2) is 61.3 Å². The molecule has 194 valence electrons. The Kier molecular flexibility index (Phi) is 7.94. The standard InChI is InChI=1S/C26H34N4O5S/c1-16-12-17(2)23(18(3)13-16)30(36(34)35)22(26(32)33)15-29-14-20(25(29)31)6-4-8-21-10-9-19-7-5-11-27-24(19)28-21/h9-10,12-13,20,22H,4-8,11,14-15H2,1-3H3,(H,27,28)(H,32,33)(H,34,35). The van der Waals surface area contributed by atoms with E-state index < -0.39 is 23.3 Å². The van der Waals surface area contributed by atoms with Crippen molar-refractivity contribution >= 4 is 34.6 Å². The fraction of sp³-hybridized carbons (Fsp3) is 0.500. The zero-order valence-corrected chi connectivity index (χ0v) is 21.8. The zero-order valence-electron chi connectivity index (χ0n) is 21.0. The molecule has 1 fully saturated rings. The molecule has 2 aliphatic rings. The third kappa shape index (κ3) is 5.54. The molecular weight excluding hydrogens is 480 g/mol. The first-order valence-corrected chi connectivity index (χ1v) is 13.4. The Balaban J connectivity index is 1.36. The molecule has 0 radical (unpaired) electrons. The van der Waals surface area contributed by atoms with Gasteiger partial charge < -0.3 is 15.3 Å². The van der Waals surface area contributed by atoms with Crippen molar-refractivity contribution in [3.8, 4) is 0 Å². The summed E-state index contributed by atoms with van der Waals surface area (Å²) < 4.78 is 23.3. The van der Waals surface area contributed by atoms with Crippen LogP contribution in [0.1, 0.15) is 47.2 Å². The fourth-order valence-electron chi connectivity index (χ4n) is 5.32.